The topological polar surface area (TPSA) is 30.9 Å². The Morgan fingerprint density at radius 1 is 1.10 bits per heavy atom. The number of fused-ring (bicyclic) bond motifs is 1. The average molecular weight is 460 g/mol. The fourth-order valence-electron chi connectivity index (χ4n) is 4.41. The van der Waals surface area contributed by atoms with Crippen molar-refractivity contribution in [3.05, 3.63) is 52.5 Å². The van der Waals surface area contributed by atoms with Gasteiger partial charge in [-0.15, -0.1) is 0 Å². The highest BCUT2D eigenvalue weighted by atomic mass is 79.9. The lowest BCUT2D eigenvalue weighted by Crippen LogP contribution is -2.42. The molecule has 1 fully saturated rings. The summed E-state index contributed by atoms with van der Waals surface area (Å²) in [6.45, 7) is 6.69. The van der Waals surface area contributed by atoms with Crippen LogP contribution in [0.2, 0.25) is 0 Å². The van der Waals surface area contributed by atoms with Gasteiger partial charge in [-0.25, -0.2) is 0 Å². The number of benzene rings is 2. The zero-order chi connectivity index (χ0) is 20.1. The summed E-state index contributed by atoms with van der Waals surface area (Å²) in [7, 11) is 0. The van der Waals surface area contributed by atoms with Crippen molar-refractivity contribution >= 4 is 15.9 Å². The van der Waals surface area contributed by atoms with Gasteiger partial charge in [-0.1, -0.05) is 50.1 Å². The third-order valence-electron chi connectivity index (χ3n) is 6.00. The van der Waals surface area contributed by atoms with Crippen LogP contribution in [-0.4, -0.2) is 37.9 Å². The average Bonchev–Trinajstić information content (AvgIpc) is 3.20. The van der Waals surface area contributed by atoms with E-state index in [0.29, 0.717) is 18.4 Å². The highest BCUT2D eigenvalue weighted by molar-refractivity contribution is 9.10. The van der Waals surface area contributed by atoms with Crippen LogP contribution in [0, 0.1) is 5.92 Å². The standard InChI is InChI=1S/C24H30BrNO3/c1-2-3-7-11-26-12-10-20(18-8-5-4-6-9-18)19(15-26)16-27-22-14-24-23(13-21(22)25)28-17-29-24/h4-6,8-9,13-14,19-20H,2-3,7,10-12,15-17H2,1H3/t19-,20-/m1/s1. The largest absolute Gasteiger partial charge is 0.492 e. The molecule has 2 heterocycles. The van der Waals surface area contributed by atoms with Crippen LogP contribution >= 0.6 is 15.9 Å². The van der Waals surface area contributed by atoms with Gasteiger partial charge in [0.2, 0.25) is 6.79 Å². The minimum atomic E-state index is 0.274. The fourth-order valence-corrected chi connectivity index (χ4v) is 4.85. The Bertz CT molecular complexity index is 798. The number of nitrogens with zero attached hydrogens (tertiary/aromatic N) is 1. The van der Waals surface area contributed by atoms with E-state index in [4.69, 9.17) is 14.2 Å². The highest BCUT2D eigenvalue weighted by Crippen LogP contribution is 2.41. The van der Waals surface area contributed by atoms with E-state index in [1.54, 1.807) is 0 Å². The smallest absolute Gasteiger partial charge is 0.231 e. The van der Waals surface area contributed by atoms with E-state index < -0.39 is 0 Å². The second-order valence-corrected chi connectivity index (χ2v) is 8.87. The number of piperidine rings is 1. The first-order valence-electron chi connectivity index (χ1n) is 10.7. The summed E-state index contributed by atoms with van der Waals surface area (Å²) in [5, 5.41) is 0. The molecule has 156 valence electrons. The molecule has 0 bridgehead atoms. The molecule has 2 aromatic carbocycles. The molecular formula is C24H30BrNO3. The molecule has 0 radical (unpaired) electrons. The molecule has 5 heteroatoms. The van der Waals surface area contributed by atoms with Gasteiger partial charge >= 0.3 is 0 Å². The second kappa shape index (κ2) is 9.86. The Morgan fingerprint density at radius 2 is 1.90 bits per heavy atom. The van der Waals surface area contributed by atoms with Crippen LogP contribution in [0.15, 0.2) is 46.9 Å². The van der Waals surface area contributed by atoms with Gasteiger partial charge in [-0.05, 0) is 53.3 Å². The Hall–Kier alpha value is -1.72. The number of unbranched alkanes of at least 4 members (excludes halogenated alkanes) is 2. The summed E-state index contributed by atoms with van der Waals surface area (Å²) in [4.78, 5) is 2.62. The zero-order valence-electron chi connectivity index (χ0n) is 17.1. The number of halogens is 1. The van der Waals surface area contributed by atoms with Crippen LogP contribution in [0.5, 0.6) is 17.2 Å². The van der Waals surface area contributed by atoms with Gasteiger partial charge in [0.05, 0.1) is 11.1 Å². The van der Waals surface area contributed by atoms with Crippen molar-refractivity contribution < 1.29 is 14.2 Å². The zero-order valence-corrected chi connectivity index (χ0v) is 18.7. The molecule has 2 atom stereocenters. The molecule has 4 rings (SSSR count). The third kappa shape index (κ3) is 5.07. The Kier molecular flexibility index (Phi) is 6.98. The highest BCUT2D eigenvalue weighted by Gasteiger charge is 2.31. The lowest BCUT2D eigenvalue weighted by atomic mass is 9.81. The molecule has 0 saturated carbocycles. The fraction of sp³-hybridized carbons (Fsp3) is 0.500. The molecule has 0 aromatic heterocycles. The van der Waals surface area contributed by atoms with Gasteiger partial charge in [0.25, 0.3) is 0 Å². The molecule has 29 heavy (non-hydrogen) atoms. The molecule has 2 aromatic rings. The summed E-state index contributed by atoms with van der Waals surface area (Å²) < 4.78 is 18.2. The number of hydrogen-bond acceptors (Lipinski definition) is 4. The number of ether oxygens (including phenoxy) is 3. The molecular weight excluding hydrogens is 430 g/mol. The van der Waals surface area contributed by atoms with Crippen molar-refractivity contribution in [1.29, 1.82) is 0 Å². The van der Waals surface area contributed by atoms with Crippen LogP contribution in [0.4, 0.5) is 0 Å². The van der Waals surface area contributed by atoms with E-state index in [9.17, 15) is 0 Å². The maximum atomic E-state index is 6.32. The number of hydrogen-bond donors (Lipinski definition) is 0. The van der Waals surface area contributed by atoms with Gasteiger partial charge in [-0.2, -0.15) is 0 Å². The third-order valence-corrected chi connectivity index (χ3v) is 6.62. The van der Waals surface area contributed by atoms with Gasteiger partial charge in [0.15, 0.2) is 11.5 Å². The maximum absolute atomic E-state index is 6.32. The summed E-state index contributed by atoms with van der Waals surface area (Å²) >= 11 is 3.62. The van der Waals surface area contributed by atoms with Crippen LogP contribution in [0.25, 0.3) is 0 Å². The quantitative estimate of drug-likeness (QED) is 0.463. The van der Waals surface area contributed by atoms with Gasteiger partial charge in [0, 0.05) is 24.6 Å². The summed E-state index contributed by atoms with van der Waals surface area (Å²) in [5.74, 6) is 3.35. The summed E-state index contributed by atoms with van der Waals surface area (Å²) in [5.41, 5.74) is 1.43. The molecule has 0 unspecified atom stereocenters. The number of rotatable bonds is 8. The normalized spacial score (nSPS) is 21.3. The molecule has 2 aliphatic heterocycles. The van der Waals surface area contributed by atoms with Crippen molar-refractivity contribution in [2.24, 2.45) is 5.92 Å². The minimum absolute atomic E-state index is 0.274. The summed E-state index contributed by atoms with van der Waals surface area (Å²) in [6, 6.07) is 14.8. The summed E-state index contributed by atoms with van der Waals surface area (Å²) in [6.07, 6.45) is 5.05. The van der Waals surface area contributed by atoms with Crippen LogP contribution in [-0.2, 0) is 0 Å². The second-order valence-electron chi connectivity index (χ2n) is 8.02. The van der Waals surface area contributed by atoms with Crippen molar-refractivity contribution in [2.75, 3.05) is 33.0 Å². The van der Waals surface area contributed by atoms with E-state index in [2.05, 4.69) is 58.1 Å². The van der Waals surface area contributed by atoms with E-state index in [1.807, 2.05) is 12.1 Å². The van der Waals surface area contributed by atoms with Crippen molar-refractivity contribution in [3.8, 4) is 17.2 Å². The van der Waals surface area contributed by atoms with E-state index in [0.717, 1.165) is 28.3 Å². The Labute approximate surface area is 182 Å². The molecule has 1 saturated heterocycles. The predicted octanol–water partition coefficient (Wildman–Crippen LogP) is 5.85. The maximum Gasteiger partial charge on any atom is 0.231 e. The van der Waals surface area contributed by atoms with Crippen molar-refractivity contribution in [3.63, 3.8) is 0 Å². The molecule has 0 amide bonds. The van der Waals surface area contributed by atoms with Crippen LogP contribution < -0.4 is 14.2 Å². The van der Waals surface area contributed by atoms with Gasteiger partial charge in [-0.3, -0.25) is 0 Å². The molecule has 0 aliphatic carbocycles. The Morgan fingerprint density at radius 3 is 2.69 bits per heavy atom. The predicted molar refractivity (Wildman–Crippen MR) is 119 cm³/mol. The van der Waals surface area contributed by atoms with E-state index in [-0.39, 0.29) is 6.79 Å². The minimum Gasteiger partial charge on any atom is -0.492 e. The first kappa shape index (κ1) is 20.5. The molecule has 4 nitrogen and oxygen atoms in total. The van der Waals surface area contributed by atoms with Crippen molar-refractivity contribution in [2.45, 2.75) is 38.5 Å². The molecule has 0 spiro atoms. The first-order chi connectivity index (χ1) is 14.2. The van der Waals surface area contributed by atoms with Gasteiger partial charge in [0.1, 0.15) is 5.75 Å². The van der Waals surface area contributed by atoms with Crippen LogP contribution in [0.3, 0.4) is 0 Å². The van der Waals surface area contributed by atoms with Crippen molar-refractivity contribution in [1.82, 2.24) is 4.90 Å². The SMILES string of the molecule is CCCCCN1CC[C@H](c2ccccc2)[C@@H](COc2cc3c(cc2Br)OCO3)C1. The Balaban J connectivity index is 1.46. The molecule has 2 aliphatic rings. The molecule has 0 N–H and O–H groups in total. The van der Waals surface area contributed by atoms with E-state index >= 15 is 0 Å². The lowest BCUT2D eigenvalue weighted by molar-refractivity contribution is 0.109. The first-order valence-corrected chi connectivity index (χ1v) is 11.5. The van der Waals surface area contributed by atoms with Gasteiger partial charge < -0.3 is 19.1 Å². The van der Waals surface area contributed by atoms with Crippen LogP contribution in [0.1, 0.15) is 44.1 Å². The monoisotopic (exact) mass is 459 g/mol. The van der Waals surface area contributed by atoms with E-state index in [1.165, 1.54) is 44.3 Å². The number of likely N-dealkylation sites (tertiary alicyclic amines) is 1. The lowest BCUT2D eigenvalue weighted by Gasteiger charge is -2.39.